The summed E-state index contributed by atoms with van der Waals surface area (Å²) in [6.45, 7) is 0. The third-order valence-corrected chi connectivity index (χ3v) is 4.05. The molecular formula is C16H15Cl2NO2. The normalized spacial score (nSPS) is 20.6. The number of nitrogens with two attached hydrogens (primary N) is 1. The molecule has 0 aliphatic carbocycles. The van der Waals surface area contributed by atoms with Gasteiger partial charge in [0, 0.05) is 28.1 Å². The lowest BCUT2D eigenvalue weighted by molar-refractivity contribution is 0.161. The maximum absolute atomic E-state index is 6.27. The molecule has 5 heteroatoms. The molecule has 0 bridgehead atoms. The number of methoxy groups -OCH3 is 1. The highest BCUT2D eigenvalue weighted by atomic mass is 35.5. The maximum atomic E-state index is 6.27. The Morgan fingerprint density at radius 3 is 2.52 bits per heavy atom. The predicted octanol–water partition coefficient (Wildman–Crippen LogP) is 4.53. The van der Waals surface area contributed by atoms with Gasteiger partial charge in [-0.25, -0.2) is 0 Å². The number of benzene rings is 2. The second-order valence-electron chi connectivity index (χ2n) is 5.06. The average Bonchev–Trinajstić information content (AvgIpc) is 2.46. The lowest BCUT2D eigenvalue weighted by atomic mass is 9.93. The quantitative estimate of drug-likeness (QED) is 0.883. The lowest BCUT2D eigenvalue weighted by Gasteiger charge is -2.31. The first kappa shape index (κ1) is 14.5. The Balaban J connectivity index is 1.94. The molecule has 0 saturated heterocycles. The van der Waals surface area contributed by atoms with Crippen LogP contribution in [0, 0.1) is 0 Å². The van der Waals surface area contributed by atoms with Gasteiger partial charge < -0.3 is 15.2 Å². The Bertz CT molecular complexity index is 655. The Hall–Kier alpha value is -1.42. The molecule has 0 saturated carbocycles. The van der Waals surface area contributed by atoms with Crippen molar-refractivity contribution < 1.29 is 9.47 Å². The molecule has 0 amide bonds. The number of ether oxygens (including phenoxy) is 2. The van der Waals surface area contributed by atoms with Crippen molar-refractivity contribution in [3.05, 3.63) is 57.6 Å². The van der Waals surface area contributed by atoms with Crippen LogP contribution in [0.2, 0.25) is 10.0 Å². The summed E-state index contributed by atoms with van der Waals surface area (Å²) in [5.74, 6) is 1.55. The summed E-state index contributed by atoms with van der Waals surface area (Å²) in [6.07, 6.45) is 0.508. The van der Waals surface area contributed by atoms with Crippen molar-refractivity contribution in [3.8, 4) is 11.5 Å². The number of halogens is 2. The summed E-state index contributed by atoms with van der Waals surface area (Å²) < 4.78 is 11.3. The van der Waals surface area contributed by atoms with Gasteiger partial charge in [-0.1, -0.05) is 23.2 Å². The molecule has 2 aromatic rings. The summed E-state index contributed by atoms with van der Waals surface area (Å²) in [5, 5.41) is 1.19. The Morgan fingerprint density at radius 1 is 1.14 bits per heavy atom. The maximum Gasteiger partial charge on any atom is 0.126 e. The van der Waals surface area contributed by atoms with E-state index in [0.29, 0.717) is 16.5 Å². The number of rotatable bonds is 2. The van der Waals surface area contributed by atoms with E-state index >= 15 is 0 Å². The number of hydrogen-bond donors (Lipinski definition) is 1. The summed E-state index contributed by atoms with van der Waals surface area (Å²) in [4.78, 5) is 0. The molecule has 0 radical (unpaired) electrons. The van der Waals surface area contributed by atoms with Gasteiger partial charge in [0.1, 0.15) is 17.6 Å². The van der Waals surface area contributed by atoms with Crippen LogP contribution in [0.3, 0.4) is 0 Å². The predicted molar refractivity (Wildman–Crippen MR) is 84.4 cm³/mol. The molecule has 1 aliphatic heterocycles. The summed E-state index contributed by atoms with van der Waals surface area (Å²) in [6, 6.07) is 11.0. The van der Waals surface area contributed by atoms with Gasteiger partial charge in [0.2, 0.25) is 0 Å². The monoisotopic (exact) mass is 323 g/mol. The van der Waals surface area contributed by atoms with Gasteiger partial charge in [-0.15, -0.1) is 0 Å². The van der Waals surface area contributed by atoms with E-state index in [4.69, 9.17) is 38.4 Å². The molecular weight excluding hydrogens is 309 g/mol. The van der Waals surface area contributed by atoms with Crippen molar-refractivity contribution in [3.63, 3.8) is 0 Å². The van der Waals surface area contributed by atoms with E-state index < -0.39 is 0 Å². The van der Waals surface area contributed by atoms with Crippen LogP contribution in [0.15, 0.2) is 36.4 Å². The second-order valence-corrected chi connectivity index (χ2v) is 5.93. The third-order valence-electron chi connectivity index (χ3n) is 3.61. The second kappa shape index (κ2) is 5.76. The Kier molecular flexibility index (Phi) is 3.98. The van der Waals surface area contributed by atoms with E-state index in [0.717, 1.165) is 22.6 Å². The van der Waals surface area contributed by atoms with E-state index in [1.165, 1.54) is 0 Å². The zero-order valence-corrected chi connectivity index (χ0v) is 13.0. The zero-order valence-electron chi connectivity index (χ0n) is 11.5. The standard InChI is InChI=1S/C16H15Cl2NO2/c1-20-12-2-3-15-13(7-12)14(19)8-16(21-15)9-4-10(17)6-11(18)5-9/h2-7,14,16H,8,19H2,1H3. The van der Waals surface area contributed by atoms with E-state index in [-0.39, 0.29) is 12.1 Å². The van der Waals surface area contributed by atoms with Crippen molar-refractivity contribution in [2.24, 2.45) is 5.73 Å². The minimum atomic E-state index is -0.155. The van der Waals surface area contributed by atoms with Crippen molar-refractivity contribution in [1.82, 2.24) is 0 Å². The largest absolute Gasteiger partial charge is 0.497 e. The van der Waals surface area contributed by atoms with Crippen molar-refractivity contribution in [2.45, 2.75) is 18.6 Å². The lowest BCUT2D eigenvalue weighted by Crippen LogP contribution is -2.24. The fraction of sp³-hybridized carbons (Fsp3) is 0.250. The molecule has 0 fully saturated rings. The first-order valence-corrected chi connectivity index (χ1v) is 7.38. The molecule has 0 aromatic heterocycles. The van der Waals surface area contributed by atoms with Gasteiger partial charge in [0.25, 0.3) is 0 Å². The summed E-state index contributed by atoms with van der Waals surface area (Å²) in [7, 11) is 1.63. The zero-order chi connectivity index (χ0) is 15.0. The Labute approximate surface area is 133 Å². The highest BCUT2D eigenvalue weighted by Gasteiger charge is 2.27. The molecule has 1 heterocycles. The highest BCUT2D eigenvalue weighted by molar-refractivity contribution is 6.34. The van der Waals surface area contributed by atoms with Crippen molar-refractivity contribution in [1.29, 1.82) is 0 Å². The fourth-order valence-electron chi connectivity index (χ4n) is 2.57. The molecule has 110 valence electrons. The molecule has 3 nitrogen and oxygen atoms in total. The topological polar surface area (TPSA) is 44.5 Å². The molecule has 2 N–H and O–H groups in total. The van der Waals surface area contributed by atoms with Gasteiger partial charge in [-0.3, -0.25) is 0 Å². The number of fused-ring (bicyclic) bond motifs is 1. The van der Waals surface area contributed by atoms with E-state index in [1.54, 1.807) is 13.2 Å². The minimum absolute atomic E-state index is 0.119. The van der Waals surface area contributed by atoms with Gasteiger partial charge in [-0.05, 0) is 42.0 Å². The van der Waals surface area contributed by atoms with E-state index in [2.05, 4.69) is 0 Å². The van der Waals surface area contributed by atoms with Crippen LogP contribution < -0.4 is 15.2 Å². The van der Waals surface area contributed by atoms with Gasteiger partial charge in [0.05, 0.1) is 7.11 Å². The van der Waals surface area contributed by atoms with Crippen molar-refractivity contribution in [2.75, 3.05) is 7.11 Å². The van der Waals surface area contributed by atoms with Crippen LogP contribution in [0.1, 0.15) is 29.7 Å². The molecule has 0 spiro atoms. The molecule has 21 heavy (non-hydrogen) atoms. The third kappa shape index (κ3) is 2.95. The van der Waals surface area contributed by atoms with E-state index in [9.17, 15) is 0 Å². The highest BCUT2D eigenvalue weighted by Crippen LogP contribution is 2.41. The summed E-state index contributed by atoms with van der Waals surface area (Å²) >= 11 is 12.1. The average molecular weight is 324 g/mol. The molecule has 2 aromatic carbocycles. The minimum Gasteiger partial charge on any atom is -0.497 e. The van der Waals surface area contributed by atoms with Gasteiger partial charge in [0.15, 0.2) is 0 Å². The van der Waals surface area contributed by atoms with Gasteiger partial charge >= 0.3 is 0 Å². The Morgan fingerprint density at radius 2 is 1.86 bits per heavy atom. The van der Waals surface area contributed by atoms with Crippen LogP contribution in [0.5, 0.6) is 11.5 Å². The van der Waals surface area contributed by atoms with Crippen LogP contribution >= 0.6 is 23.2 Å². The fourth-order valence-corrected chi connectivity index (χ4v) is 3.12. The van der Waals surface area contributed by atoms with Crippen LogP contribution in [0.4, 0.5) is 0 Å². The number of hydrogen-bond acceptors (Lipinski definition) is 3. The van der Waals surface area contributed by atoms with Crippen molar-refractivity contribution >= 4 is 23.2 Å². The first-order valence-electron chi connectivity index (χ1n) is 6.63. The molecule has 1 aliphatic rings. The smallest absolute Gasteiger partial charge is 0.126 e. The van der Waals surface area contributed by atoms with E-state index in [1.807, 2.05) is 30.3 Å². The van der Waals surface area contributed by atoms with Crippen LogP contribution in [-0.4, -0.2) is 7.11 Å². The van der Waals surface area contributed by atoms with Gasteiger partial charge in [-0.2, -0.15) is 0 Å². The van der Waals surface area contributed by atoms with Crippen LogP contribution in [-0.2, 0) is 0 Å². The molecule has 2 unspecified atom stereocenters. The SMILES string of the molecule is COc1ccc2c(c1)C(N)CC(c1cc(Cl)cc(Cl)c1)O2. The summed E-state index contributed by atoms with van der Waals surface area (Å²) in [5.41, 5.74) is 8.16. The first-order chi connectivity index (χ1) is 10.1. The molecule has 3 rings (SSSR count). The molecule has 2 atom stereocenters. The van der Waals surface area contributed by atoms with Crippen LogP contribution in [0.25, 0.3) is 0 Å².